The summed E-state index contributed by atoms with van der Waals surface area (Å²) >= 11 is 0. The first kappa shape index (κ1) is 15.1. The highest BCUT2D eigenvalue weighted by Gasteiger charge is 2.71. The Morgan fingerprint density at radius 1 is 1.38 bits per heavy atom. The monoisotopic (exact) mass is 325 g/mol. The Hall–Kier alpha value is -2.40. The van der Waals surface area contributed by atoms with Crippen molar-refractivity contribution >= 4 is 17.6 Å². The molecule has 5 heteroatoms. The normalized spacial score (nSPS) is 36.2. The van der Waals surface area contributed by atoms with Crippen LogP contribution in [0.2, 0.25) is 0 Å². The highest BCUT2D eigenvalue weighted by Crippen LogP contribution is 2.56. The Morgan fingerprint density at radius 3 is 2.71 bits per heavy atom. The van der Waals surface area contributed by atoms with E-state index in [2.05, 4.69) is 6.58 Å². The molecule has 0 aliphatic carbocycles. The van der Waals surface area contributed by atoms with E-state index in [0.717, 1.165) is 11.3 Å². The van der Waals surface area contributed by atoms with E-state index in [-0.39, 0.29) is 11.9 Å². The highest BCUT2D eigenvalue weighted by molar-refractivity contribution is 6.03. The summed E-state index contributed by atoms with van der Waals surface area (Å²) < 4.78 is 6.10. The van der Waals surface area contributed by atoms with Crippen LogP contribution >= 0.6 is 0 Å². The van der Waals surface area contributed by atoms with Crippen molar-refractivity contribution in [3.63, 3.8) is 0 Å². The molecule has 1 spiro atoms. The average Bonchev–Trinajstić information content (AvgIpc) is 3.17. The number of hydrogen-bond acceptors (Lipinski definition) is 3. The third-order valence-electron chi connectivity index (χ3n) is 5.28. The molecule has 0 radical (unpaired) electrons. The number of ether oxygens (including phenoxy) is 1. The third-order valence-corrected chi connectivity index (χ3v) is 5.28. The number of carboxylic acid groups (broad SMARTS) is 1. The number of hydrogen-bond donors (Lipinski definition) is 1. The van der Waals surface area contributed by atoms with E-state index in [9.17, 15) is 14.7 Å². The first-order valence-electron chi connectivity index (χ1n) is 8.08. The molecule has 5 atom stereocenters. The Labute approximate surface area is 140 Å². The second kappa shape index (κ2) is 5.05. The molecule has 1 N–H and O–H groups in total. The molecule has 24 heavy (non-hydrogen) atoms. The zero-order valence-corrected chi connectivity index (χ0v) is 13.4. The number of para-hydroxylation sites is 1. The molecule has 0 saturated carbocycles. The molecule has 5 nitrogen and oxygen atoms in total. The standard InChI is InChI=1S/C19H19NO4/c1-11(2)10-14-19-9-8-13(24-19)15(18(22)23)16(19)17(21)20(14)12-6-4-3-5-7-12/h3-9,13-16H,1,10H2,2H3,(H,22,23)/t13-,14+,15+,16-,19-/m1/s1. The summed E-state index contributed by atoms with van der Waals surface area (Å²) in [6, 6.07) is 9.09. The van der Waals surface area contributed by atoms with Gasteiger partial charge in [-0.2, -0.15) is 0 Å². The summed E-state index contributed by atoms with van der Waals surface area (Å²) in [5, 5.41) is 9.62. The minimum atomic E-state index is -0.978. The molecular formula is C19H19NO4. The van der Waals surface area contributed by atoms with Crippen LogP contribution in [0.15, 0.2) is 54.6 Å². The number of carbonyl (C=O) groups is 2. The van der Waals surface area contributed by atoms with Crippen LogP contribution in [0.25, 0.3) is 0 Å². The molecule has 2 fully saturated rings. The molecule has 0 unspecified atom stereocenters. The summed E-state index contributed by atoms with van der Waals surface area (Å²) in [6.45, 7) is 5.90. The lowest BCUT2D eigenvalue weighted by Crippen LogP contribution is -2.45. The Kier molecular flexibility index (Phi) is 3.18. The number of rotatable bonds is 4. The third kappa shape index (κ3) is 1.85. The van der Waals surface area contributed by atoms with Crippen LogP contribution in [0, 0.1) is 11.8 Å². The summed E-state index contributed by atoms with van der Waals surface area (Å²) in [4.78, 5) is 26.7. The first-order valence-corrected chi connectivity index (χ1v) is 8.08. The summed E-state index contributed by atoms with van der Waals surface area (Å²) in [6.07, 6.45) is 3.74. The van der Waals surface area contributed by atoms with Gasteiger partial charge in [-0.05, 0) is 25.5 Å². The maximum Gasteiger partial charge on any atom is 0.310 e. The van der Waals surface area contributed by atoms with Crippen LogP contribution in [0.1, 0.15) is 13.3 Å². The number of fused-ring (bicyclic) bond motifs is 1. The van der Waals surface area contributed by atoms with Crippen molar-refractivity contribution in [1.29, 1.82) is 0 Å². The van der Waals surface area contributed by atoms with E-state index in [1.165, 1.54) is 0 Å². The lowest BCUT2D eigenvalue weighted by Gasteiger charge is -2.33. The van der Waals surface area contributed by atoms with Gasteiger partial charge in [-0.15, -0.1) is 6.58 Å². The van der Waals surface area contributed by atoms with Crippen LogP contribution in [0.3, 0.4) is 0 Å². The second-order valence-corrected chi connectivity index (χ2v) is 6.86. The van der Waals surface area contributed by atoms with Crippen molar-refractivity contribution in [2.24, 2.45) is 11.8 Å². The van der Waals surface area contributed by atoms with Crippen LogP contribution in [-0.4, -0.2) is 34.7 Å². The Balaban J connectivity index is 1.85. The zero-order chi connectivity index (χ0) is 17.1. The average molecular weight is 325 g/mol. The molecule has 3 aliphatic heterocycles. The van der Waals surface area contributed by atoms with Crippen molar-refractivity contribution in [3.05, 3.63) is 54.6 Å². The zero-order valence-electron chi connectivity index (χ0n) is 13.4. The van der Waals surface area contributed by atoms with Crippen LogP contribution in [-0.2, 0) is 14.3 Å². The Bertz CT molecular complexity index is 756. The summed E-state index contributed by atoms with van der Waals surface area (Å²) in [5.41, 5.74) is 0.824. The molecule has 1 aromatic rings. The van der Waals surface area contributed by atoms with Gasteiger partial charge in [0.25, 0.3) is 0 Å². The van der Waals surface area contributed by atoms with Gasteiger partial charge in [0, 0.05) is 5.69 Å². The number of aliphatic carboxylic acids is 1. The molecule has 1 aromatic carbocycles. The van der Waals surface area contributed by atoms with Crippen molar-refractivity contribution in [1.82, 2.24) is 0 Å². The predicted molar refractivity (Wildman–Crippen MR) is 88.5 cm³/mol. The molecule has 0 aromatic heterocycles. The summed E-state index contributed by atoms with van der Waals surface area (Å²) in [7, 11) is 0. The summed E-state index contributed by atoms with van der Waals surface area (Å²) in [5.74, 6) is -2.67. The van der Waals surface area contributed by atoms with Crippen molar-refractivity contribution < 1.29 is 19.4 Å². The second-order valence-electron chi connectivity index (χ2n) is 6.86. The Morgan fingerprint density at radius 2 is 2.08 bits per heavy atom. The fourth-order valence-corrected chi connectivity index (χ4v) is 4.41. The lowest BCUT2D eigenvalue weighted by atomic mass is 9.74. The van der Waals surface area contributed by atoms with Crippen LogP contribution in [0.4, 0.5) is 5.69 Å². The van der Waals surface area contributed by atoms with E-state index in [1.54, 1.807) is 11.0 Å². The van der Waals surface area contributed by atoms with Crippen LogP contribution in [0.5, 0.6) is 0 Å². The molecule has 3 aliphatic rings. The predicted octanol–water partition coefficient (Wildman–Crippen LogP) is 2.39. The lowest BCUT2D eigenvalue weighted by molar-refractivity contribution is -0.146. The van der Waals surface area contributed by atoms with Crippen LogP contribution < -0.4 is 4.90 Å². The SMILES string of the molecule is C=C(C)C[C@@H]1N(c2ccccc2)C(=O)[C@H]2[C@@H](C(=O)O)[C@H]3C=C[C@@]12O3. The van der Waals surface area contributed by atoms with Gasteiger partial charge in [-0.25, -0.2) is 0 Å². The van der Waals surface area contributed by atoms with E-state index >= 15 is 0 Å². The van der Waals surface area contributed by atoms with Crippen molar-refractivity contribution in [2.45, 2.75) is 31.1 Å². The smallest absolute Gasteiger partial charge is 0.310 e. The number of amides is 1. The fraction of sp³-hybridized carbons (Fsp3) is 0.368. The van der Waals surface area contributed by atoms with Gasteiger partial charge in [0.15, 0.2) is 0 Å². The van der Waals surface area contributed by atoms with Crippen molar-refractivity contribution in [3.8, 4) is 0 Å². The van der Waals surface area contributed by atoms with Crippen molar-refractivity contribution in [2.75, 3.05) is 4.90 Å². The quantitative estimate of drug-likeness (QED) is 0.863. The fourth-order valence-electron chi connectivity index (χ4n) is 4.41. The molecule has 4 rings (SSSR count). The van der Waals surface area contributed by atoms with Gasteiger partial charge in [0.2, 0.25) is 5.91 Å². The number of carboxylic acids is 1. The minimum absolute atomic E-state index is 0.174. The van der Waals surface area contributed by atoms with E-state index in [4.69, 9.17) is 4.74 Å². The molecule has 124 valence electrons. The van der Waals surface area contributed by atoms with Gasteiger partial charge in [0.05, 0.1) is 18.1 Å². The topological polar surface area (TPSA) is 66.8 Å². The molecule has 2 bridgehead atoms. The van der Waals surface area contributed by atoms with E-state index < -0.39 is 29.5 Å². The maximum absolute atomic E-state index is 13.2. The molecule has 3 heterocycles. The van der Waals surface area contributed by atoms with Gasteiger partial charge in [0.1, 0.15) is 11.5 Å². The van der Waals surface area contributed by atoms with Gasteiger partial charge < -0.3 is 14.7 Å². The van der Waals surface area contributed by atoms with E-state index in [1.807, 2.05) is 43.3 Å². The number of anilines is 1. The highest BCUT2D eigenvalue weighted by atomic mass is 16.5. The van der Waals surface area contributed by atoms with Gasteiger partial charge >= 0.3 is 5.97 Å². The minimum Gasteiger partial charge on any atom is -0.481 e. The molecule has 1 amide bonds. The number of nitrogens with zero attached hydrogens (tertiary/aromatic N) is 1. The maximum atomic E-state index is 13.2. The largest absolute Gasteiger partial charge is 0.481 e. The van der Waals surface area contributed by atoms with Gasteiger partial charge in [-0.1, -0.05) is 35.9 Å². The molecule has 2 saturated heterocycles. The molecular weight excluding hydrogens is 306 g/mol. The van der Waals surface area contributed by atoms with Gasteiger partial charge in [-0.3, -0.25) is 9.59 Å². The van der Waals surface area contributed by atoms with E-state index in [0.29, 0.717) is 6.42 Å². The first-order chi connectivity index (χ1) is 11.5. The number of benzene rings is 1. The number of carbonyl (C=O) groups excluding carboxylic acids is 1.